The van der Waals surface area contributed by atoms with Gasteiger partial charge in [0.05, 0.1) is 19.2 Å². The molecule has 21 heavy (non-hydrogen) atoms. The maximum absolute atomic E-state index is 11.8. The van der Waals surface area contributed by atoms with E-state index >= 15 is 0 Å². The van der Waals surface area contributed by atoms with Crippen LogP contribution < -0.4 is 10.6 Å². The van der Waals surface area contributed by atoms with E-state index in [1.54, 1.807) is 7.11 Å². The summed E-state index contributed by atoms with van der Waals surface area (Å²) in [4.78, 5) is 11.8. The van der Waals surface area contributed by atoms with E-state index in [1.807, 2.05) is 31.2 Å². The minimum atomic E-state index is -0.976. The van der Waals surface area contributed by atoms with E-state index in [1.165, 1.54) is 5.56 Å². The van der Waals surface area contributed by atoms with Crippen LogP contribution in [0.25, 0.3) is 0 Å². The van der Waals surface area contributed by atoms with Crippen LogP contribution in [0.2, 0.25) is 0 Å². The van der Waals surface area contributed by atoms with Gasteiger partial charge in [-0.2, -0.15) is 0 Å². The second-order valence-electron chi connectivity index (χ2n) is 5.73. The summed E-state index contributed by atoms with van der Waals surface area (Å²) in [5.41, 5.74) is 1.12. The lowest BCUT2D eigenvalue weighted by Crippen LogP contribution is -2.48. The van der Waals surface area contributed by atoms with Gasteiger partial charge >= 0.3 is 6.03 Å². The Kier molecular flexibility index (Phi) is 5.20. The molecule has 2 atom stereocenters. The summed E-state index contributed by atoms with van der Waals surface area (Å²) in [5, 5.41) is 16.4. The Labute approximate surface area is 125 Å². The number of amides is 2. The molecule has 0 spiro atoms. The molecule has 1 aliphatic carbocycles. The van der Waals surface area contributed by atoms with Crippen molar-refractivity contribution in [1.29, 1.82) is 0 Å². The number of rotatable bonds is 5. The van der Waals surface area contributed by atoms with E-state index in [9.17, 15) is 9.90 Å². The second-order valence-corrected chi connectivity index (χ2v) is 5.73. The Morgan fingerprint density at radius 3 is 3.00 bits per heavy atom. The highest BCUT2D eigenvalue weighted by Crippen LogP contribution is 2.34. The van der Waals surface area contributed by atoms with Crippen LogP contribution in [0, 0.1) is 0 Å². The molecular formula is C16H24N2O3. The molecule has 2 amide bonds. The fourth-order valence-corrected chi connectivity index (χ4v) is 2.87. The van der Waals surface area contributed by atoms with E-state index < -0.39 is 5.60 Å². The van der Waals surface area contributed by atoms with Crippen LogP contribution in [0.4, 0.5) is 4.79 Å². The lowest BCUT2D eigenvalue weighted by Gasteiger charge is -2.34. The maximum atomic E-state index is 11.8. The Morgan fingerprint density at radius 2 is 2.24 bits per heavy atom. The number of carbonyl (C=O) groups is 1. The van der Waals surface area contributed by atoms with E-state index in [4.69, 9.17) is 4.74 Å². The summed E-state index contributed by atoms with van der Waals surface area (Å²) in [6.07, 6.45) is 2.57. The first-order valence-electron chi connectivity index (χ1n) is 7.39. The Bertz CT molecular complexity index is 492. The number of aliphatic hydroxyl groups is 1. The first-order chi connectivity index (χ1) is 10.0. The number of hydrogen-bond acceptors (Lipinski definition) is 3. The number of hydrogen-bond donors (Lipinski definition) is 3. The van der Waals surface area contributed by atoms with Crippen molar-refractivity contribution in [2.24, 2.45) is 0 Å². The van der Waals surface area contributed by atoms with E-state index in [0.717, 1.165) is 18.4 Å². The quantitative estimate of drug-likeness (QED) is 0.771. The molecule has 5 nitrogen and oxygen atoms in total. The van der Waals surface area contributed by atoms with Gasteiger partial charge in [0.2, 0.25) is 0 Å². The maximum Gasteiger partial charge on any atom is 0.315 e. The van der Waals surface area contributed by atoms with Crippen molar-refractivity contribution in [1.82, 2.24) is 10.6 Å². The first-order valence-corrected chi connectivity index (χ1v) is 7.39. The van der Waals surface area contributed by atoms with Crippen LogP contribution in [-0.2, 0) is 16.8 Å². The summed E-state index contributed by atoms with van der Waals surface area (Å²) in [7, 11) is 1.60. The molecule has 1 aromatic carbocycles. The molecular weight excluding hydrogens is 268 g/mol. The highest BCUT2D eigenvalue weighted by atomic mass is 16.5. The number of nitrogens with one attached hydrogen (secondary N) is 2. The molecule has 0 radical (unpaired) electrons. The molecule has 0 fully saturated rings. The number of ether oxygens (including phenoxy) is 1. The van der Waals surface area contributed by atoms with Crippen molar-refractivity contribution in [3.8, 4) is 0 Å². The summed E-state index contributed by atoms with van der Waals surface area (Å²) >= 11 is 0. The molecule has 0 heterocycles. The zero-order chi connectivity index (χ0) is 15.3. The standard InChI is InChI=1S/C16H24N2O3/c1-12(10-21-2)18-15(19)17-11-16(20)9-5-7-13-6-3-4-8-14(13)16/h3-4,6,8,12,20H,5,7,9-11H2,1-2H3,(H2,17,18,19). The van der Waals surface area contributed by atoms with Crippen molar-refractivity contribution in [2.75, 3.05) is 20.3 Å². The lowest BCUT2D eigenvalue weighted by molar-refractivity contribution is 0.0215. The molecule has 0 aromatic heterocycles. The summed E-state index contributed by atoms with van der Waals surface area (Å²) in [6.45, 7) is 2.55. The van der Waals surface area contributed by atoms with Crippen molar-refractivity contribution >= 4 is 6.03 Å². The zero-order valence-electron chi connectivity index (χ0n) is 12.7. The van der Waals surface area contributed by atoms with E-state index in [2.05, 4.69) is 10.6 Å². The van der Waals surface area contributed by atoms with Crippen molar-refractivity contribution in [2.45, 2.75) is 37.8 Å². The third-order valence-electron chi connectivity index (χ3n) is 3.89. The smallest absolute Gasteiger partial charge is 0.315 e. The second kappa shape index (κ2) is 6.91. The molecule has 1 aromatic rings. The summed E-state index contributed by atoms with van der Waals surface area (Å²) in [5.74, 6) is 0. The highest BCUT2D eigenvalue weighted by molar-refractivity contribution is 5.74. The van der Waals surface area contributed by atoms with Crippen LogP contribution in [-0.4, -0.2) is 37.4 Å². The molecule has 2 rings (SSSR count). The van der Waals surface area contributed by atoms with Gasteiger partial charge < -0.3 is 20.5 Å². The van der Waals surface area contributed by atoms with Crippen molar-refractivity contribution < 1.29 is 14.6 Å². The topological polar surface area (TPSA) is 70.6 Å². The van der Waals surface area contributed by atoms with Crippen LogP contribution in [0.3, 0.4) is 0 Å². The number of fused-ring (bicyclic) bond motifs is 1. The SMILES string of the molecule is COCC(C)NC(=O)NCC1(O)CCCc2ccccc21. The molecule has 0 saturated carbocycles. The van der Waals surface area contributed by atoms with Gasteiger partial charge in [-0.3, -0.25) is 0 Å². The van der Waals surface area contributed by atoms with Crippen molar-refractivity contribution in [3.63, 3.8) is 0 Å². The predicted molar refractivity (Wildman–Crippen MR) is 81.1 cm³/mol. The Balaban J connectivity index is 1.95. The van der Waals surface area contributed by atoms with Gasteiger partial charge in [-0.1, -0.05) is 24.3 Å². The van der Waals surface area contributed by atoms with Gasteiger partial charge in [0.1, 0.15) is 5.60 Å². The fourth-order valence-electron chi connectivity index (χ4n) is 2.87. The Hall–Kier alpha value is -1.59. The monoisotopic (exact) mass is 292 g/mol. The van der Waals surface area contributed by atoms with Gasteiger partial charge in [-0.15, -0.1) is 0 Å². The molecule has 2 unspecified atom stereocenters. The largest absolute Gasteiger partial charge is 0.383 e. The van der Waals surface area contributed by atoms with Crippen LogP contribution >= 0.6 is 0 Å². The minimum Gasteiger partial charge on any atom is -0.383 e. The van der Waals surface area contributed by atoms with Gasteiger partial charge in [0.15, 0.2) is 0 Å². The predicted octanol–water partition coefficient (Wildman–Crippen LogP) is 1.54. The number of benzene rings is 1. The highest BCUT2D eigenvalue weighted by Gasteiger charge is 2.34. The third kappa shape index (κ3) is 3.95. The van der Waals surface area contributed by atoms with E-state index in [0.29, 0.717) is 13.0 Å². The molecule has 1 aliphatic rings. The number of aryl methyl sites for hydroxylation is 1. The molecule has 0 bridgehead atoms. The van der Waals surface area contributed by atoms with Gasteiger partial charge in [-0.05, 0) is 37.3 Å². The zero-order valence-corrected chi connectivity index (χ0v) is 12.7. The van der Waals surface area contributed by atoms with Gasteiger partial charge in [-0.25, -0.2) is 4.79 Å². The van der Waals surface area contributed by atoms with Gasteiger partial charge in [0, 0.05) is 7.11 Å². The van der Waals surface area contributed by atoms with Gasteiger partial charge in [0.25, 0.3) is 0 Å². The van der Waals surface area contributed by atoms with Crippen molar-refractivity contribution in [3.05, 3.63) is 35.4 Å². The Morgan fingerprint density at radius 1 is 1.48 bits per heavy atom. The first kappa shape index (κ1) is 15.8. The van der Waals surface area contributed by atoms with Crippen LogP contribution in [0.15, 0.2) is 24.3 Å². The molecule has 3 N–H and O–H groups in total. The molecule has 0 saturated heterocycles. The third-order valence-corrected chi connectivity index (χ3v) is 3.89. The number of methoxy groups -OCH3 is 1. The fraction of sp³-hybridized carbons (Fsp3) is 0.562. The number of carbonyl (C=O) groups excluding carboxylic acids is 1. The molecule has 5 heteroatoms. The van der Waals surface area contributed by atoms with Crippen LogP contribution in [0.1, 0.15) is 30.9 Å². The normalized spacial score (nSPS) is 22.2. The minimum absolute atomic E-state index is 0.0664. The average molecular weight is 292 g/mol. The molecule has 0 aliphatic heterocycles. The molecule has 116 valence electrons. The summed E-state index contributed by atoms with van der Waals surface area (Å²) < 4.78 is 4.97. The number of urea groups is 1. The lowest BCUT2D eigenvalue weighted by atomic mass is 9.79. The van der Waals surface area contributed by atoms with E-state index in [-0.39, 0.29) is 18.6 Å². The summed E-state index contributed by atoms with van der Waals surface area (Å²) in [6, 6.07) is 7.55. The van der Waals surface area contributed by atoms with Crippen LogP contribution in [0.5, 0.6) is 0 Å². The average Bonchev–Trinajstić information content (AvgIpc) is 2.46.